The van der Waals surface area contributed by atoms with E-state index in [0.717, 1.165) is 46.0 Å². The Balaban J connectivity index is 0.937. The van der Waals surface area contributed by atoms with Crippen LogP contribution in [0.1, 0.15) is 22.6 Å². The Morgan fingerprint density at radius 2 is 0.917 bits per heavy atom. The van der Waals surface area contributed by atoms with E-state index in [4.69, 9.17) is 29.2 Å². The lowest BCUT2D eigenvalue weighted by molar-refractivity contribution is 0.559. The van der Waals surface area contributed by atoms with Crippen LogP contribution in [0.2, 0.25) is 0 Å². The second-order valence-electron chi connectivity index (χ2n) is 13.8. The molecule has 0 aliphatic rings. The van der Waals surface area contributed by atoms with Crippen LogP contribution in [0.3, 0.4) is 0 Å². The van der Waals surface area contributed by atoms with Gasteiger partial charge in [0.05, 0.1) is 25.0 Å². The summed E-state index contributed by atoms with van der Waals surface area (Å²) in [5, 5.41) is 31.9. The SMILES string of the molecule is C(=N\n1c(SCCSc2nnc(-c3cn(Cc4ccccc4)c4ccccc34)n2/N=C/c2ccco2)nnc1-c1cn(Cc2ccccc2)c2ccccc12)/c1ccco1. The molecule has 0 fully saturated rings. The lowest BCUT2D eigenvalue weighted by Crippen LogP contribution is -1.99. The topological polar surface area (TPSA) is 122 Å². The monoisotopic (exact) mass is 824 g/mol. The van der Waals surface area contributed by atoms with Crippen molar-refractivity contribution in [2.24, 2.45) is 10.2 Å². The maximum Gasteiger partial charge on any atom is 0.212 e. The van der Waals surface area contributed by atoms with Gasteiger partial charge in [0.2, 0.25) is 10.3 Å². The molecule has 0 radical (unpaired) electrons. The highest BCUT2D eigenvalue weighted by Gasteiger charge is 2.22. The maximum absolute atomic E-state index is 5.59. The average Bonchev–Trinajstić information content (AvgIpc) is 4.16. The summed E-state index contributed by atoms with van der Waals surface area (Å²) in [6.07, 6.45) is 10.9. The lowest BCUT2D eigenvalue weighted by Gasteiger charge is -2.05. The molecule has 0 aliphatic heterocycles. The Morgan fingerprint density at radius 1 is 0.483 bits per heavy atom. The fraction of sp³-hybridized carbons (Fsp3) is 0.0870. The number of fused-ring (bicyclic) bond motifs is 2. The van der Waals surface area contributed by atoms with Crippen LogP contribution < -0.4 is 0 Å². The Bertz CT molecular complexity index is 2850. The molecule has 10 rings (SSSR count). The van der Waals surface area contributed by atoms with Crippen LogP contribution in [-0.4, -0.2) is 62.8 Å². The van der Waals surface area contributed by atoms with Crippen molar-refractivity contribution in [2.75, 3.05) is 11.5 Å². The van der Waals surface area contributed by atoms with E-state index >= 15 is 0 Å². The van der Waals surface area contributed by atoms with Crippen LogP contribution in [0.25, 0.3) is 44.6 Å². The average molecular weight is 825 g/mol. The highest BCUT2D eigenvalue weighted by atomic mass is 32.2. The van der Waals surface area contributed by atoms with Crippen LogP contribution in [0.15, 0.2) is 188 Å². The molecule has 6 heterocycles. The quantitative estimate of drug-likeness (QED) is 0.0569. The smallest absolute Gasteiger partial charge is 0.212 e. The van der Waals surface area contributed by atoms with Gasteiger partial charge < -0.3 is 18.0 Å². The van der Waals surface area contributed by atoms with Gasteiger partial charge in [0.15, 0.2) is 11.6 Å². The first-order valence-electron chi connectivity index (χ1n) is 19.3. The van der Waals surface area contributed by atoms with Gasteiger partial charge in [-0.2, -0.15) is 19.6 Å². The Labute approximate surface area is 352 Å². The Morgan fingerprint density at radius 3 is 1.35 bits per heavy atom. The van der Waals surface area contributed by atoms with E-state index < -0.39 is 0 Å². The van der Waals surface area contributed by atoms with Crippen LogP contribution in [0.4, 0.5) is 0 Å². The first kappa shape index (κ1) is 37.1. The first-order chi connectivity index (χ1) is 29.7. The summed E-state index contributed by atoms with van der Waals surface area (Å²) >= 11 is 3.13. The number of thioether (sulfide) groups is 2. The molecular formula is C46H36N10O2S2. The molecule has 0 amide bonds. The number of hydrogen-bond acceptors (Lipinski definition) is 10. The molecule has 10 aromatic rings. The second-order valence-corrected chi connectivity index (χ2v) is 15.9. The Kier molecular flexibility index (Phi) is 10.5. The highest BCUT2D eigenvalue weighted by Crippen LogP contribution is 2.35. The number of hydrogen-bond donors (Lipinski definition) is 0. The normalized spacial score (nSPS) is 11.9. The van der Waals surface area contributed by atoms with Crippen molar-refractivity contribution in [3.05, 3.63) is 181 Å². The zero-order valence-electron chi connectivity index (χ0n) is 32.1. The van der Waals surface area contributed by atoms with Gasteiger partial charge in [-0.1, -0.05) is 121 Å². The number of para-hydroxylation sites is 2. The zero-order valence-corrected chi connectivity index (χ0v) is 33.7. The summed E-state index contributed by atoms with van der Waals surface area (Å²) in [6, 6.07) is 45.0. The van der Waals surface area contributed by atoms with Crippen LogP contribution in [0, 0.1) is 0 Å². The minimum atomic E-state index is 0.626. The number of aromatic nitrogens is 8. The van der Waals surface area contributed by atoms with Crippen LogP contribution in [0.5, 0.6) is 0 Å². The van der Waals surface area contributed by atoms with E-state index in [2.05, 4.69) is 117 Å². The van der Waals surface area contributed by atoms with Crippen molar-refractivity contribution in [3.8, 4) is 22.8 Å². The van der Waals surface area contributed by atoms with Crippen LogP contribution in [-0.2, 0) is 13.1 Å². The molecule has 0 saturated heterocycles. The molecule has 0 N–H and O–H groups in total. The minimum Gasteiger partial charge on any atom is -0.463 e. The molecule has 0 unspecified atom stereocenters. The van der Waals surface area contributed by atoms with Crippen molar-refractivity contribution in [2.45, 2.75) is 23.4 Å². The molecular weight excluding hydrogens is 789 g/mol. The van der Waals surface area contributed by atoms with E-state index in [-0.39, 0.29) is 0 Å². The highest BCUT2D eigenvalue weighted by molar-refractivity contribution is 8.02. The zero-order chi connectivity index (χ0) is 40.1. The largest absolute Gasteiger partial charge is 0.463 e. The minimum absolute atomic E-state index is 0.626. The molecule has 0 atom stereocenters. The molecule has 0 bridgehead atoms. The molecule has 294 valence electrons. The predicted molar refractivity (Wildman–Crippen MR) is 238 cm³/mol. The third-order valence-corrected chi connectivity index (χ3v) is 12.0. The van der Waals surface area contributed by atoms with E-state index in [1.807, 2.05) is 48.5 Å². The lowest BCUT2D eigenvalue weighted by atomic mass is 10.1. The van der Waals surface area contributed by atoms with Crippen LogP contribution >= 0.6 is 23.5 Å². The van der Waals surface area contributed by atoms with Crippen molar-refractivity contribution in [1.29, 1.82) is 0 Å². The van der Waals surface area contributed by atoms with Gasteiger partial charge in [-0.3, -0.25) is 0 Å². The molecule has 14 heteroatoms. The molecule has 12 nitrogen and oxygen atoms in total. The van der Waals surface area contributed by atoms with Gasteiger partial charge in [-0.05, 0) is 47.5 Å². The van der Waals surface area contributed by atoms with Gasteiger partial charge in [0, 0.05) is 69.9 Å². The second kappa shape index (κ2) is 17.0. The predicted octanol–water partition coefficient (Wildman–Crippen LogP) is 10.0. The van der Waals surface area contributed by atoms with Gasteiger partial charge in [-0.15, -0.1) is 20.4 Å². The molecule has 6 aromatic heterocycles. The van der Waals surface area contributed by atoms with E-state index in [1.54, 1.807) is 57.8 Å². The standard InChI is InChI=1S/C46H36N10O2S2/c1-3-13-33(14-4-1)29-53-31-39(37-19-7-9-21-41(37)53)43-49-51-45(55(43)47-27-35-17-11-23-57-35)59-25-26-60-46-52-50-44(56(46)48-28-36-18-12-24-58-36)40-32-54(30-34-15-5-2-6-16-34)42-22-10-8-20-38(40)42/h1-24,27-28,31-32H,25-26,29-30H2/b47-27+,48-28+. The third-order valence-electron chi connectivity index (χ3n) is 9.91. The number of benzene rings is 4. The summed E-state index contributed by atoms with van der Waals surface area (Å²) < 4.78 is 19.3. The van der Waals surface area contributed by atoms with E-state index in [1.165, 1.54) is 11.1 Å². The van der Waals surface area contributed by atoms with Gasteiger partial charge in [0.1, 0.15) is 11.5 Å². The van der Waals surface area contributed by atoms with Crippen molar-refractivity contribution in [1.82, 2.24) is 38.9 Å². The number of rotatable bonds is 15. The molecule has 0 saturated carbocycles. The number of nitrogens with zero attached hydrogens (tertiary/aromatic N) is 10. The fourth-order valence-corrected chi connectivity index (χ4v) is 8.89. The Hall–Kier alpha value is -7.16. The summed E-state index contributed by atoms with van der Waals surface area (Å²) in [5.74, 6) is 3.88. The van der Waals surface area contributed by atoms with Gasteiger partial charge in [0.25, 0.3) is 0 Å². The fourth-order valence-electron chi connectivity index (χ4n) is 7.15. The van der Waals surface area contributed by atoms with Gasteiger partial charge >= 0.3 is 0 Å². The van der Waals surface area contributed by atoms with E-state index in [9.17, 15) is 0 Å². The summed E-state index contributed by atoms with van der Waals surface area (Å²) in [6.45, 7) is 1.44. The first-order valence-corrected chi connectivity index (χ1v) is 21.3. The van der Waals surface area contributed by atoms with Crippen molar-refractivity contribution in [3.63, 3.8) is 0 Å². The summed E-state index contributed by atoms with van der Waals surface area (Å²) in [4.78, 5) is 0. The summed E-state index contributed by atoms with van der Waals surface area (Å²) in [7, 11) is 0. The van der Waals surface area contributed by atoms with Gasteiger partial charge in [-0.25, -0.2) is 0 Å². The summed E-state index contributed by atoms with van der Waals surface area (Å²) in [5.41, 5.74) is 6.50. The maximum atomic E-state index is 5.59. The molecule has 4 aromatic carbocycles. The van der Waals surface area contributed by atoms with Crippen molar-refractivity contribution >= 4 is 57.8 Å². The third kappa shape index (κ3) is 7.73. The molecule has 0 aliphatic carbocycles. The van der Waals surface area contributed by atoms with Crippen molar-refractivity contribution < 1.29 is 8.83 Å². The molecule has 0 spiro atoms. The number of furan rings is 2. The van der Waals surface area contributed by atoms with E-state index in [0.29, 0.717) is 45.0 Å². The molecule has 60 heavy (non-hydrogen) atoms.